The number of hydrogen-bond acceptors (Lipinski definition) is 13. The summed E-state index contributed by atoms with van der Waals surface area (Å²) in [5, 5.41) is 23.8. The van der Waals surface area contributed by atoms with Crippen molar-refractivity contribution in [1.82, 2.24) is 14.7 Å². The molecule has 2 atom stereocenters. The molecule has 0 spiro atoms. The number of piperazine rings is 1. The number of likely N-dealkylation sites (N-methyl/N-ethyl adjacent to an activating group) is 1. The highest BCUT2D eigenvalue weighted by Gasteiger charge is 2.48. The van der Waals surface area contributed by atoms with E-state index in [1.165, 1.54) is 6.07 Å². The van der Waals surface area contributed by atoms with Gasteiger partial charge in [0, 0.05) is 103 Å². The standard InChI is InChI=1S/C57H69ClF3N7O5S3.C2H6/c1-5-11-41(13-10-26-58)52-36-50(54(40(2)64(52)4)55(70)68-38-56(3,71)39-68)42-12-9-14-46(34-42)67-32-30-66(31-33-67)45-19-17-43(18-20-45)63-75-49-21-22-51(53(35-49)76(72,73)57(59,60)61)62-44(37-74-48-15-7-6-8-16-48)23-27-65-28-24-47(69)25-29-65;1-2/h6-22,34-36,44,47,52,62-63,69,71H,5,23-33,37-39H2,1-4H3;1-2H3/b13-10-,41-11+;/t44-,52?;/m1./s1. The number of aliphatic hydroxyl groups is 2. The highest BCUT2D eigenvalue weighted by molar-refractivity contribution is 8.00. The summed E-state index contributed by atoms with van der Waals surface area (Å²) >= 11 is 8.67. The van der Waals surface area contributed by atoms with Crippen molar-refractivity contribution in [2.45, 2.75) is 104 Å². The Balaban J connectivity index is 0.00000436. The number of β-amino-alcohol motifs (C(OH)–C–C–N with tert-alkyl or cyclic N) is 1. The smallest absolute Gasteiger partial charge is 0.393 e. The van der Waals surface area contributed by atoms with Gasteiger partial charge < -0.3 is 44.8 Å². The SMILES string of the molecule is CC.CC/C=C(\C=C/CCl)C1C=C(c2cccc(N3CCN(c4ccc(NSc5ccc(N[C@H](CCN6CCC(O)CC6)CSc6ccccc6)c(S(=O)(=O)C(F)(F)F)c5)cc4)CC3)c2)C(C(=O)N2CC(C)(O)C2)=C(C)N1C. The highest BCUT2D eigenvalue weighted by Crippen LogP contribution is 2.41. The molecule has 4 aliphatic rings. The summed E-state index contributed by atoms with van der Waals surface area (Å²) in [6.45, 7) is 15.4. The summed E-state index contributed by atoms with van der Waals surface area (Å²) in [4.78, 5) is 25.4. The second-order valence-corrected chi connectivity index (χ2v) is 24.3. The van der Waals surface area contributed by atoms with Crippen molar-refractivity contribution in [2.24, 2.45) is 0 Å². The van der Waals surface area contributed by atoms with Crippen LogP contribution in [0.1, 0.15) is 65.9 Å². The lowest BCUT2D eigenvalue weighted by Crippen LogP contribution is -2.62. The summed E-state index contributed by atoms with van der Waals surface area (Å²) in [5.74, 6) is 0.768. The Kier molecular flexibility index (Phi) is 21.3. The molecule has 4 aliphatic heterocycles. The number of rotatable bonds is 20. The maximum Gasteiger partial charge on any atom is 0.501 e. The molecule has 0 saturated carbocycles. The first-order valence-corrected chi connectivity index (χ1v) is 30.7. The van der Waals surface area contributed by atoms with E-state index in [1.54, 1.807) is 29.7 Å². The third-order valence-electron chi connectivity index (χ3n) is 14.4. The quantitative estimate of drug-likeness (QED) is 0.0290. The normalized spacial score (nSPS) is 19.1. The van der Waals surface area contributed by atoms with Gasteiger partial charge in [-0.1, -0.05) is 69.3 Å². The molecule has 4 aromatic carbocycles. The number of alkyl halides is 4. The van der Waals surface area contributed by atoms with Gasteiger partial charge in [-0.05, 0) is 141 Å². The van der Waals surface area contributed by atoms with Crippen molar-refractivity contribution in [3.8, 4) is 0 Å². The van der Waals surface area contributed by atoms with Gasteiger partial charge in [-0.3, -0.25) is 4.79 Å². The first-order valence-electron chi connectivity index (χ1n) is 26.9. The largest absolute Gasteiger partial charge is 0.501 e. The Morgan fingerprint density at radius 2 is 1.56 bits per heavy atom. The number of halogens is 4. The monoisotopic (exact) mass is 1150 g/mol. The number of thioether (sulfide) groups is 1. The molecular weight excluding hydrogens is 1080 g/mol. The average molecular weight is 1150 g/mol. The second kappa shape index (κ2) is 27.4. The van der Waals surface area contributed by atoms with Crippen LogP contribution >= 0.6 is 35.3 Å². The van der Waals surface area contributed by atoms with Crippen LogP contribution in [0.5, 0.6) is 0 Å². The fourth-order valence-electron chi connectivity index (χ4n) is 10.1. The molecule has 78 heavy (non-hydrogen) atoms. The first kappa shape index (κ1) is 60.6. The Morgan fingerprint density at radius 1 is 0.897 bits per heavy atom. The topological polar surface area (TPSA) is 132 Å². The van der Waals surface area contributed by atoms with Crippen molar-refractivity contribution in [2.75, 3.05) is 97.4 Å². The van der Waals surface area contributed by atoms with Crippen LogP contribution in [0.3, 0.4) is 0 Å². The molecule has 8 rings (SSSR count). The molecule has 422 valence electrons. The van der Waals surface area contributed by atoms with E-state index >= 15 is 0 Å². The average Bonchev–Trinajstić information content (AvgIpc) is 3.43. The molecule has 4 aromatic rings. The molecule has 1 unspecified atom stereocenters. The lowest BCUT2D eigenvalue weighted by atomic mass is 9.85. The summed E-state index contributed by atoms with van der Waals surface area (Å²) in [6, 6.07) is 29.4. The number of carbonyl (C=O) groups excluding carboxylic acids is 1. The highest BCUT2D eigenvalue weighted by atomic mass is 35.5. The molecule has 0 aliphatic carbocycles. The lowest BCUT2D eigenvalue weighted by Gasteiger charge is -2.46. The third-order valence-corrected chi connectivity index (χ3v) is 18.1. The van der Waals surface area contributed by atoms with Crippen LogP contribution in [0.25, 0.3) is 5.57 Å². The number of likely N-dealkylation sites (tertiary alicyclic amines) is 2. The molecule has 3 fully saturated rings. The Hall–Kier alpha value is -5.08. The molecule has 4 N–H and O–H groups in total. The van der Waals surface area contributed by atoms with Gasteiger partial charge in [0.1, 0.15) is 4.90 Å². The summed E-state index contributed by atoms with van der Waals surface area (Å²) < 4.78 is 72.4. The van der Waals surface area contributed by atoms with Crippen LogP contribution in [0.2, 0.25) is 0 Å². The molecule has 0 aromatic heterocycles. The van der Waals surface area contributed by atoms with Crippen molar-refractivity contribution in [3.05, 3.63) is 144 Å². The molecule has 12 nitrogen and oxygen atoms in total. The van der Waals surface area contributed by atoms with E-state index < -0.39 is 25.8 Å². The van der Waals surface area contributed by atoms with Gasteiger partial charge >= 0.3 is 5.51 Å². The van der Waals surface area contributed by atoms with E-state index in [2.05, 4.69) is 73.0 Å². The number of benzene rings is 4. The predicted molar refractivity (Wildman–Crippen MR) is 316 cm³/mol. The van der Waals surface area contributed by atoms with Gasteiger partial charge in [0.15, 0.2) is 0 Å². The number of piperidine rings is 1. The number of amides is 1. The summed E-state index contributed by atoms with van der Waals surface area (Å²) in [7, 11) is -3.72. The van der Waals surface area contributed by atoms with E-state index in [0.717, 1.165) is 89.3 Å². The number of allylic oxidation sites excluding steroid dienone is 3. The minimum Gasteiger partial charge on any atom is -0.393 e. The van der Waals surface area contributed by atoms with Crippen molar-refractivity contribution in [3.63, 3.8) is 0 Å². The van der Waals surface area contributed by atoms with Crippen LogP contribution in [-0.2, 0) is 14.6 Å². The number of nitrogens with one attached hydrogen (secondary N) is 2. The van der Waals surface area contributed by atoms with Gasteiger partial charge in [-0.2, -0.15) is 13.2 Å². The molecule has 0 radical (unpaired) electrons. The van der Waals surface area contributed by atoms with Crippen LogP contribution < -0.4 is 19.8 Å². The van der Waals surface area contributed by atoms with E-state index in [4.69, 9.17) is 11.6 Å². The number of nitrogens with zero attached hydrogens (tertiary/aromatic N) is 5. The van der Waals surface area contributed by atoms with E-state index in [1.807, 2.05) is 94.6 Å². The number of carbonyl (C=O) groups is 1. The van der Waals surface area contributed by atoms with E-state index in [0.29, 0.717) is 66.7 Å². The van der Waals surface area contributed by atoms with Crippen LogP contribution in [0.4, 0.5) is 35.9 Å². The summed E-state index contributed by atoms with van der Waals surface area (Å²) in [6.07, 6.45) is 10.7. The molecule has 4 heterocycles. The van der Waals surface area contributed by atoms with Gasteiger partial charge in [0.05, 0.1) is 42.1 Å². The van der Waals surface area contributed by atoms with Crippen molar-refractivity contribution >= 4 is 79.4 Å². The minimum atomic E-state index is -5.73. The molecule has 1 amide bonds. The van der Waals surface area contributed by atoms with Gasteiger partial charge in [0.2, 0.25) is 0 Å². The Bertz CT molecular complexity index is 2880. The maximum atomic E-state index is 14.3. The fourth-order valence-corrected chi connectivity index (χ4v) is 12.9. The summed E-state index contributed by atoms with van der Waals surface area (Å²) in [5.41, 5.74) is 0.561. The van der Waals surface area contributed by atoms with Crippen molar-refractivity contribution in [1.29, 1.82) is 0 Å². The Labute approximate surface area is 473 Å². The third kappa shape index (κ3) is 15.2. The second-order valence-electron chi connectivity index (χ2n) is 20.1. The Morgan fingerprint density at radius 3 is 2.19 bits per heavy atom. The van der Waals surface area contributed by atoms with Crippen LogP contribution in [-0.4, -0.2) is 146 Å². The van der Waals surface area contributed by atoms with Gasteiger partial charge in [0.25, 0.3) is 15.7 Å². The minimum absolute atomic E-state index is 0.104. The zero-order valence-electron chi connectivity index (χ0n) is 45.5. The predicted octanol–water partition coefficient (Wildman–Crippen LogP) is 11.6. The fraction of sp³-hybridized carbons (Fsp3) is 0.441. The first-order chi connectivity index (χ1) is 37.3. The molecule has 3 saturated heterocycles. The molecular formula is C59H75ClF3N7O5S3. The van der Waals surface area contributed by atoms with Crippen LogP contribution in [0.15, 0.2) is 153 Å². The van der Waals surface area contributed by atoms with E-state index in [-0.39, 0.29) is 42.9 Å². The maximum absolute atomic E-state index is 14.3. The zero-order valence-corrected chi connectivity index (χ0v) is 48.7. The number of hydrogen-bond donors (Lipinski definition) is 4. The van der Waals surface area contributed by atoms with Gasteiger partial charge in [-0.25, -0.2) is 8.42 Å². The number of sulfone groups is 1. The molecule has 19 heteroatoms. The van der Waals surface area contributed by atoms with Crippen molar-refractivity contribution < 1.29 is 36.6 Å². The van der Waals surface area contributed by atoms with Crippen LogP contribution in [0, 0.1) is 0 Å². The lowest BCUT2D eigenvalue weighted by molar-refractivity contribution is -0.147. The number of anilines is 4. The van der Waals surface area contributed by atoms with E-state index in [9.17, 15) is 36.6 Å². The van der Waals surface area contributed by atoms with Gasteiger partial charge in [-0.15, -0.1) is 23.4 Å². The zero-order chi connectivity index (χ0) is 56.2. The molecule has 0 bridgehead atoms. The number of aliphatic hydroxyl groups excluding tert-OH is 1.